The summed E-state index contributed by atoms with van der Waals surface area (Å²) in [6, 6.07) is 9.17. The molecular weight excluding hydrogens is 516 g/mol. The Kier molecular flexibility index (Phi) is 6.95. The number of benzene rings is 3. The van der Waals surface area contributed by atoms with Crippen LogP contribution in [0.1, 0.15) is 28.2 Å². The topological polar surface area (TPSA) is 222 Å². The molecule has 3 aromatic carbocycles. The van der Waals surface area contributed by atoms with Crippen LogP contribution in [0.2, 0.25) is 0 Å². The summed E-state index contributed by atoms with van der Waals surface area (Å²) in [7, 11) is 0. The number of phenolic OH excluding ortho intramolecular Hbond substituents is 6. The molecule has 0 aliphatic heterocycles. The molecule has 12 heteroatoms. The third-order valence-corrected chi connectivity index (χ3v) is 6.34. The minimum Gasteiger partial charge on any atom is -0.504 e. The van der Waals surface area contributed by atoms with Gasteiger partial charge in [-0.1, -0.05) is 12.1 Å². The Morgan fingerprint density at radius 1 is 0.744 bits per heavy atom. The summed E-state index contributed by atoms with van der Waals surface area (Å²) in [6.45, 7) is 0. The average molecular weight is 538 g/mol. The van der Waals surface area contributed by atoms with E-state index in [1.54, 1.807) is 0 Å². The van der Waals surface area contributed by atoms with E-state index in [2.05, 4.69) is 0 Å². The normalized spacial score (nSPS) is 17.0. The molecule has 0 spiro atoms. The van der Waals surface area contributed by atoms with Crippen LogP contribution in [0, 0.1) is 5.92 Å². The van der Waals surface area contributed by atoms with Crippen LogP contribution in [0.5, 0.6) is 34.5 Å². The second-order valence-electron chi connectivity index (χ2n) is 8.87. The van der Waals surface area contributed by atoms with Gasteiger partial charge in [0.15, 0.2) is 34.5 Å². The maximum absolute atomic E-state index is 13.3. The van der Waals surface area contributed by atoms with Crippen molar-refractivity contribution < 1.29 is 60.0 Å². The molecule has 0 radical (unpaired) electrons. The molecule has 1 aliphatic rings. The Labute approximate surface area is 219 Å². The lowest BCUT2D eigenvalue weighted by Crippen LogP contribution is -2.35. The first kappa shape index (κ1) is 26.7. The zero-order valence-corrected chi connectivity index (χ0v) is 19.8. The molecule has 39 heavy (non-hydrogen) atoms. The van der Waals surface area contributed by atoms with E-state index in [4.69, 9.17) is 4.74 Å². The van der Waals surface area contributed by atoms with Crippen molar-refractivity contribution in [3.63, 3.8) is 0 Å². The summed E-state index contributed by atoms with van der Waals surface area (Å²) in [5, 5.41) is 78.9. The monoisotopic (exact) mass is 538 g/mol. The van der Waals surface area contributed by atoms with Gasteiger partial charge in [0.1, 0.15) is 0 Å². The molecule has 0 amide bonds. The van der Waals surface area contributed by atoms with Gasteiger partial charge in [-0.3, -0.25) is 4.79 Å². The van der Waals surface area contributed by atoms with Crippen molar-refractivity contribution in [3.05, 3.63) is 76.4 Å². The molecule has 0 fully saturated rings. The standard InChI is InChI=1S/C27H22O12/c28-16-3-1-11(5-18(16)30)6-22(25(34)35)39-27(38)15-7-13-9-20(32)21(33)10-14(13)23(24(15)26(36)37)12-2-4-17(29)19(31)8-12/h1-5,7-10,22-24,28-33H,6H2,(H,34,35)(H,36,37). The number of ether oxygens (including phenoxy) is 1. The fourth-order valence-corrected chi connectivity index (χ4v) is 4.47. The van der Waals surface area contributed by atoms with Gasteiger partial charge in [-0.2, -0.15) is 0 Å². The highest BCUT2D eigenvalue weighted by atomic mass is 16.6. The van der Waals surface area contributed by atoms with Gasteiger partial charge < -0.3 is 45.6 Å². The Bertz CT molecular complexity index is 1520. The Balaban J connectivity index is 1.78. The highest BCUT2D eigenvalue weighted by Crippen LogP contribution is 2.47. The molecule has 4 rings (SSSR count). The Hall–Kier alpha value is -5.39. The predicted molar refractivity (Wildman–Crippen MR) is 131 cm³/mol. The summed E-state index contributed by atoms with van der Waals surface area (Å²) in [5.41, 5.74) is 0.103. The van der Waals surface area contributed by atoms with Crippen LogP contribution in [0.15, 0.2) is 54.1 Å². The molecule has 8 N–H and O–H groups in total. The first-order valence-corrected chi connectivity index (χ1v) is 11.3. The van der Waals surface area contributed by atoms with E-state index in [1.807, 2.05) is 0 Å². The number of phenols is 6. The lowest BCUT2D eigenvalue weighted by Gasteiger charge is -2.32. The number of aliphatic carboxylic acids is 2. The number of carbonyl (C=O) groups is 3. The van der Waals surface area contributed by atoms with E-state index in [9.17, 15) is 55.2 Å². The quantitative estimate of drug-likeness (QED) is 0.160. The van der Waals surface area contributed by atoms with Crippen molar-refractivity contribution in [3.8, 4) is 34.5 Å². The van der Waals surface area contributed by atoms with Gasteiger partial charge in [0, 0.05) is 12.3 Å². The van der Waals surface area contributed by atoms with Crippen LogP contribution in [0.25, 0.3) is 6.08 Å². The second kappa shape index (κ2) is 10.2. The highest BCUT2D eigenvalue weighted by molar-refractivity contribution is 6.02. The number of fused-ring (bicyclic) bond motifs is 1. The van der Waals surface area contributed by atoms with E-state index < -0.39 is 82.3 Å². The van der Waals surface area contributed by atoms with Crippen molar-refractivity contribution in [1.29, 1.82) is 0 Å². The smallest absolute Gasteiger partial charge is 0.345 e. The number of esters is 1. The van der Waals surface area contributed by atoms with Crippen LogP contribution in [0.3, 0.4) is 0 Å². The van der Waals surface area contributed by atoms with E-state index in [1.165, 1.54) is 12.1 Å². The summed E-state index contributed by atoms with van der Waals surface area (Å²) in [6.07, 6.45) is -1.15. The molecule has 202 valence electrons. The molecule has 0 saturated heterocycles. The van der Waals surface area contributed by atoms with E-state index >= 15 is 0 Å². The van der Waals surface area contributed by atoms with Gasteiger partial charge in [0.05, 0.1) is 11.5 Å². The van der Waals surface area contributed by atoms with E-state index in [0.29, 0.717) is 0 Å². The maximum atomic E-state index is 13.3. The number of hydrogen-bond acceptors (Lipinski definition) is 10. The SMILES string of the molecule is O=C(OC(Cc1ccc(O)c(O)c1)C(=O)O)C1=Cc2cc(O)c(O)cc2C(c2ccc(O)c(O)c2)C1C(=O)O. The molecule has 3 unspecified atom stereocenters. The fraction of sp³-hybridized carbons (Fsp3) is 0.148. The van der Waals surface area contributed by atoms with Crippen molar-refractivity contribution in [1.82, 2.24) is 0 Å². The molecular formula is C27H22O12. The average Bonchev–Trinajstić information content (AvgIpc) is 2.87. The zero-order chi connectivity index (χ0) is 28.6. The van der Waals surface area contributed by atoms with Crippen molar-refractivity contribution in [2.45, 2.75) is 18.4 Å². The van der Waals surface area contributed by atoms with Crippen LogP contribution in [-0.2, 0) is 25.5 Å². The number of rotatable bonds is 7. The Morgan fingerprint density at radius 3 is 1.92 bits per heavy atom. The molecule has 12 nitrogen and oxygen atoms in total. The third kappa shape index (κ3) is 5.21. The van der Waals surface area contributed by atoms with Gasteiger partial charge in [-0.25, -0.2) is 9.59 Å². The second-order valence-corrected chi connectivity index (χ2v) is 8.87. The molecule has 3 atom stereocenters. The minimum atomic E-state index is -1.82. The van der Waals surface area contributed by atoms with Crippen LogP contribution in [-0.4, -0.2) is 64.9 Å². The first-order valence-electron chi connectivity index (χ1n) is 11.3. The summed E-state index contributed by atoms with van der Waals surface area (Å²) >= 11 is 0. The molecule has 0 saturated carbocycles. The van der Waals surface area contributed by atoms with Crippen molar-refractivity contribution >= 4 is 24.0 Å². The number of carboxylic acid groups (broad SMARTS) is 2. The summed E-state index contributed by atoms with van der Waals surface area (Å²) < 4.78 is 5.19. The molecule has 3 aromatic rings. The number of carbonyl (C=O) groups excluding carboxylic acids is 1. The number of carboxylic acids is 2. The minimum absolute atomic E-state index is 0.114. The van der Waals surface area contributed by atoms with Crippen LogP contribution in [0.4, 0.5) is 0 Å². The first-order chi connectivity index (χ1) is 18.4. The molecule has 0 heterocycles. The fourth-order valence-electron chi connectivity index (χ4n) is 4.47. The van der Waals surface area contributed by atoms with E-state index in [-0.39, 0.29) is 22.3 Å². The number of hydrogen-bond donors (Lipinski definition) is 8. The maximum Gasteiger partial charge on any atom is 0.345 e. The van der Waals surface area contributed by atoms with Crippen molar-refractivity contribution in [2.24, 2.45) is 5.92 Å². The zero-order valence-electron chi connectivity index (χ0n) is 19.8. The molecule has 1 aliphatic carbocycles. The largest absolute Gasteiger partial charge is 0.504 e. The predicted octanol–water partition coefficient (Wildman–Crippen LogP) is 2.39. The van der Waals surface area contributed by atoms with Gasteiger partial charge in [-0.15, -0.1) is 0 Å². The van der Waals surface area contributed by atoms with Gasteiger partial charge in [0.25, 0.3) is 0 Å². The lowest BCUT2D eigenvalue weighted by molar-refractivity contribution is -0.162. The van der Waals surface area contributed by atoms with Gasteiger partial charge in [-0.05, 0) is 64.7 Å². The van der Waals surface area contributed by atoms with Crippen LogP contribution >= 0.6 is 0 Å². The molecule has 0 aromatic heterocycles. The van der Waals surface area contributed by atoms with Gasteiger partial charge >= 0.3 is 17.9 Å². The van der Waals surface area contributed by atoms with Crippen LogP contribution < -0.4 is 0 Å². The third-order valence-electron chi connectivity index (χ3n) is 6.34. The van der Waals surface area contributed by atoms with E-state index in [0.717, 1.165) is 42.5 Å². The van der Waals surface area contributed by atoms with Gasteiger partial charge in [0.2, 0.25) is 6.10 Å². The van der Waals surface area contributed by atoms with Crippen molar-refractivity contribution in [2.75, 3.05) is 0 Å². The highest BCUT2D eigenvalue weighted by Gasteiger charge is 2.43. The number of aromatic hydroxyl groups is 6. The summed E-state index contributed by atoms with van der Waals surface area (Å²) in [5.74, 6) is -10.5. The Morgan fingerprint density at radius 2 is 1.33 bits per heavy atom. The lowest BCUT2D eigenvalue weighted by atomic mass is 9.71. The molecule has 0 bridgehead atoms. The summed E-state index contributed by atoms with van der Waals surface area (Å²) in [4.78, 5) is 37.7.